The molecule has 0 aromatic carbocycles. The first kappa shape index (κ1) is 8.99. The predicted molar refractivity (Wildman–Crippen MR) is 43.3 cm³/mol. The summed E-state index contributed by atoms with van der Waals surface area (Å²) in [6, 6.07) is 0. The van der Waals surface area contributed by atoms with E-state index in [-0.39, 0.29) is 0 Å². The van der Waals surface area contributed by atoms with Crippen molar-refractivity contribution in [3.8, 4) is 0 Å². The van der Waals surface area contributed by atoms with Crippen LogP contribution < -0.4 is 11.1 Å². The van der Waals surface area contributed by atoms with Crippen LogP contribution in [0.5, 0.6) is 0 Å². The van der Waals surface area contributed by atoms with Crippen LogP contribution in [-0.2, 0) is 9.59 Å². The summed E-state index contributed by atoms with van der Waals surface area (Å²) in [5, 5.41) is 2.43. The van der Waals surface area contributed by atoms with Gasteiger partial charge in [-0.05, 0) is 13.0 Å². The van der Waals surface area contributed by atoms with Gasteiger partial charge in [-0.1, -0.05) is 0 Å². The van der Waals surface area contributed by atoms with Gasteiger partial charge in [0.1, 0.15) is 0 Å². The van der Waals surface area contributed by atoms with Crippen LogP contribution in [0.1, 0.15) is 6.42 Å². The molecule has 0 bridgehead atoms. The molecule has 12 heavy (non-hydrogen) atoms. The lowest BCUT2D eigenvalue weighted by Crippen LogP contribution is -2.36. The maximum Gasteiger partial charge on any atom is 0.309 e. The molecule has 1 fully saturated rings. The second kappa shape index (κ2) is 4.06. The van der Waals surface area contributed by atoms with Crippen LogP contribution in [0.25, 0.3) is 0 Å². The number of carbonyl (C=O) groups excluding carboxylic acids is 2. The highest BCUT2D eigenvalue weighted by Crippen LogP contribution is 2.02. The summed E-state index contributed by atoms with van der Waals surface area (Å²) in [5.41, 5.74) is 4.73. The van der Waals surface area contributed by atoms with Crippen molar-refractivity contribution >= 4 is 11.8 Å². The Morgan fingerprint density at radius 3 is 2.58 bits per heavy atom. The first-order chi connectivity index (χ1) is 5.70. The van der Waals surface area contributed by atoms with E-state index in [0.717, 1.165) is 26.1 Å². The van der Waals surface area contributed by atoms with Crippen LogP contribution in [0.2, 0.25) is 0 Å². The molecule has 2 amide bonds. The number of carbonyl (C=O) groups is 2. The molecule has 0 aliphatic carbocycles. The molecular weight excluding hydrogens is 158 g/mol. The average molecular weight is 171 g/mol. The molecule has 0 saturated carbocycles. The van der Waals surface area contributed by atoms with E-state index in [4.69, 9.17) is 5.73 Å². The van der Waals surface area contributed by atoms with Gasteiger partial charge in [0.2, 0.25) is 0 Å². The maximum atomic E-state index is 10.6. The van der Waals surface area contributed by atoms with E-state index in [1.54, 1.807) is 0 Å². The Balaban J connectivity index is 1.93. The van der Waals surface area contributed by atoms with E-state index in [2.05, 4.69) is 10.2 Å². The van der Waals surface area contributed by atoms with Crippen LogP contribution in [-0.4, -0.2) is 42.9 Å². The lowest BCUT2D eigenvalue weighted by atomic mass is 10.4. The fourth-order valence-corrected chi connectivity index (χ4v) is 0.886. The second-order valence-electron chi connectivity index (χ2n) is 2.82. The van der Waals surface area contributed by atoms with Gasteiger partial charge in [-0.25, -0.2) is 0 Å². The first-order valence-electron chi connectivity index (χ1n) is 4.00. The Kier molecular flexibility index (Phi) is 3.04. The molecule has 5 nitrogen and oxygen atoms in total. The molecule has 0 atom stereocenters. The monoisotopic (exact) mass is 171 g/mol. The number of hydrogen-bond donors (Lipinski definition) is 2. The van der Waals surface area contributed by atoms with Crippen molar-refractivity contribution in [2.24, 2.45) is 5.73 Å². The summed E-state index contributed by atoms with van der Waals surface area (Å²) < 4.78 is 0. The summed E-state index contributed by atoms with van der Waals surface area (Å²) in [6.45, 7) is 3.82. The third kappa shape index (κ3) is 3.34. The minimum absolute atomic E-state index is 0.526. The van der Waals surface area contributed by atoms with Gasteiger partial charge in [-0.3, -0.25) is 9.59 Å². The van der Waals surface area contributed by atoms with Crippen LogP contribution in [0.4, 0.5) is 0 Å². The lowest BCUT2D eigenvalue weighted by molar-refractivity contribution is -0.137. The molecule has 0 aromatic rings. The molecule has 1 heterocycles. The van der Waals surface area contributed by atoms with Crippen LogP contribution in [0, 0.1) is 0 Å². The third-order valence-electron chi connectivity index (χ3n) is 1.70. The highest BCUT2D eigenvalue weighted by molar-refractivity contribution is 6.34. The van der Waals surface area contributed by atoms with Crippen molar-refractivity contribution in [1.29, 1.82) is 0 Å². The summed E-state index contributed by atoms with van der Waals surface area (Å²) in [7, 11) is 0. The number of amides is 2. The molecule has 1 aliphatic rings. The van der Waals surface area contributed by atoms with E-state index in [0.29, 0.717) is 6.54 Å². The molecule has 1 rings (SSSR count). The van der Waals surface area contributed by atoms with Gasteiger partial charge in [0.25, 0.3) is 0 Å². The fourth-order valence-electron chi connectivity index (χ4n) is 0.886. The lowest BCUT2D eigenvalue weighted by Gasteiger charge is -2.01. The van der Waals surface area contributed by atoms with Crippen LogP contribution in [0.3, 0.4) is 0 Å². The highest BCUT2D eigenvalue weighted by atomic mass is 16.2. The maximum absolute atomic E-state index is 10.6. The van der Waals surface area contributed by atoms with Gasteiger partial charge >= 0.3 is 11.8 Å². The summed E-state index contributed by atoms with van der Waals surface area (Å²) in [6.07, 6.45) is 0.874. The van der Waals surface area contributed by atoms with Crippen molar-refractivity contribution in [1.82, 2.24) is 10.2 Å². The summed E-state index contributed by atoms with van der Waals surface area (Å²) >= 11 is 0. The molecule has 3 N–H and O–H groups in total. The van der Waals surface area contributed by atoms with Gasteiger partial charge in [-0.2, -0.15) is 0 Å². The summed E-state index contributed by atoms with van der Waals surface area (Å²) in [5.74, 6) is -1.61. The molecule has 1 aliphatic heterocycles. The Labute approximate surface area is 70.9 Å². The normalized spacial score (nSPS) is 15.7. The number of nitrogens with zero attached hydrogens (tertiary/aromatic N) is 1. The minimum atomic E-state index is -0.915. The highest BCUT2D eigenvalue weighted by Gasteiger charge is 2.15. The van der Waals surface area contributed by atoms with Crippen molar-refractivity contribution in [2.75, 3.05) is 26.2 Å². The van der Waals surface area contributed by atoms with E-state index in [1.165, 1.54) is 0 Å². The van der Waals surface area contributed by atoms with Gasteiger partial charge in [0.15, 0.2) is 0 Å². The topological polar surface area (TPSA) is 75.2 Å². The van der Waals surface area contributed by atoms with Crippen molar-refractivity contribution < 1.29 is 9.59 Å². The zero-order chi connectivity index (χ0) is 8.97. The van der Waals surface area contributed by atoms with Crippen molar-refractivity contribution in [2.45, 2.75) is 6.42 Å². The van der Waals surface area contributed by atoms with Crippen LogP contribution in [0.15, 0.2) is 0 Å². The molecule has 0 spiro atoms. The number of nitrogens with one attached hydrogen (secondary N) is 1. The molecule has 68 valence electrons. The molecule has 5 heteroatoms. The zero-order valence-electron chi connectivity index (χ0n) is 6.88. The molecule has 0 radical (unpaired) electrons. The molecule has 0 aromatic heterocycles. The Bertz CT molecular complexity index is 189. The van der Waals surface area contributed by atoms with Crippen molar-refractivity contribution in [3.05, 3.63) is 0 Å². The van der Waals surface area contributed by atoms with Crippen molar-refractivity contribution in [3.63, 3.8) is 0 Å². The van der Waals surface area contributed by atoms with Gasteiger partial charge in [-0.15, -0.1) is 0 Å². The minimum Gasteiger partial charge on any atom is -0.361 e. The van der Waals surface area contributed by atoms with Gasteiger partial charge in [0.05, 0.1) is 0 Å². The quantitative estimate of drug-likeness (QED) is 0.300. The Hall–Kier alpha value is -1.10. The SMILES string of the molecule is NC(=O)C(=O)NCCCN1CC1. The van der Waals surface area contributed by atoms with E-state index in [1.807, 2.05) is 0 Å². The first-order valence-corrected chi connectivity index (χ1v) is 4.00. The number of rotatable bonds is 4. The fraction of sp³-hybridized carbons (Fsp3) is 0.714. The van der Waals surface area contributed by atoms with Gasteiger partial charge < -0.3 is 16.0 Å². The molecular formula is C7H13N3O2. The Morgan fingerprint density at radius 1 is 1.42 bits per heavy atom. The number of nitrogens with two attached hydrogens (primary N) is 1. The Morgan fingerprint density at radius 2 is 2.08 bits per heavy atom. The number of hydrogen-bond acceptors (Lipinski definition) is 3. The largest absolute Gasteiger partial charge is 0.361 e. The van der Waals surface area contributed by atoms with Crippen LogP contribution >= 0.6 is 0 Å². The summed E-state index contributed by atoms with van der Waals surface area (Å²) in [4.78, 5) is 23.1. The average Bonchev–Trinajstić information content (AvgIpc) is 2.80. The second-order valence-corrected chi connectivity index (χ2v) is 2.82. The number of primary amides is 1. The standard InChI is InChI=1S/C7H13N3O2/c8-6(11)7(12)9-2-1-3-10-4-5-10/h1-5H2,(H2,8,11)(H,9,12). The molecule has 0 unspecified atom stereocenters. The molecule has 1 saturated heterocycles. The van der Waals surface area contributed by atoms with E-state index >= 15 is 0 Å². The third-order valence-corrected chi connectivity index (χ3v) is 1.70. The van der Waals surface area contributed by atoms with Gasteiger partial charge in [0, 0.05) is 19.6 Å². The smallest absolute Gasteiger partial charge is 0.309 e. The van der Waals surface area contributed by atoms with E-state index in [9.17, 15) is 9.59 Å². The zero-order valence-corrected chi connectivity index (χ0v) is 6.88. The van der Waals surface area contributed by atoms with E-state index < -0.39 is 11.8 Å². The predicted octanol–water partition coefficient (Wildman–Crippen LogP) is -1.71.